The normalized spacial score (nSPS) is 18.0. The Morgan fingerprint density at radius 3 is 2.91 bits per heavy atom. The number of nitrogens with one attached hydrogen (secondary N) is 1. The third-order valence-corrected chi connectivity index (χ3v) is 3.78. The molecule has 1 atom stereocenters. The molecule has 0 amide bonds. The summed E-state index contributed by atoms with van der Waals surface area (Å²) in [6.07, 6.45) is 1.16. The summed E-state index contributed by atoms with van der Waals surface area (Å²) in [4.78, 5) is 6.68. The molecule has 1 aromatic rings. The van der Waals surface area contributed by atoms with E-state index < -0.39 is 0 Å². The van der Waals surface area contributed by atoms with Gasteiger partial charge in [0.2, 0.25) is 0 Å². The Kier molecular flexibility index (Phi) is 8.55. The fourth-order valence-electron chi connectivity index (χ4n) is 2.69. The number of hydrogen-bond donors (Lipinski definition) is 1. The molecular formula is C16H26IN3O2. The first-order valence-corrected chi connectivity index (χ1v) is 7.34. The molecule has 0 saturated carbocycles. The SMILES string of the molecule is CN=C(NCc1cccc(OC)c1)N1CCC(COC)C1.I. The Morgan fingerprint density at radius 2 is 2.23 bits per heavy atom. The molecule has 0 spiro atoms. The Morgan fingerprint density at radius 1 is 1.41 bits per heavy atom. The first-order chi connectivity index (χ1) is 10.3. The van der Waals surface area contributed by atoms with E-state index >= 15 is 0 Å². The van der Waals surface area contributed by atoms with Gasteiger partial charge in [-0.25, -0.2) is 0 Å². The van der Waals surface area contributed by atoms with Gasteiger partial charge >= 0.3 is 0 Å². The molecule has 1 fully saturated rings. The van der Waals surface area contributed by atoms with Crippen LogP contribution in [0.1, 0.15) is 12.0 Å². The molecule has 1 saturated heterocycles. The zero-order valence-electron chi connectivity index (χ0n) is 13.5. The summed E-state index contributed by atoms with van der Waals surface area (Å²) in [6.45, 7) is 3.61. The maximum atomic E-state index is 5.25. The van der Waals surface area contributed by atoms with Crippen molar-refractivity contribution < 1.29 is 9.47 Å². The number of guanidine groups is 1. The molecule has 1 unspecified atom stereocenters. The van der Waals surface area contributed by atoms with Crippen LogP contribution < -0.4 is 10.1 Å². The lowest BCUT2D eigenvalue weighted by Gasteiger charge is -2.21. The van der Waals surface area contributed by atoms with Crippen LogP contribution in [0.4, 0.5) is 0 Å². The summed E-state index contributed by atoms with van der Waals surface area (Å²) >= 11 is 0. The first kappa shape index (κ1) is 19.0. The minimum atomic E-state index is 0. The highest BCUT2D eigenvalue weighted by Crippen LogP contribution is 2.17. The molecule has 2 rings (SSSR count). The highest BCUT2D eigenvalue weighted by atomic mass is 127. The van der Waals surface area contributed by atoms with E-state index in [1.807, 2.05) is 25.2 Å². The highest BCUT2D eigenvalue weighted by molar-refractivity contribution is 14.0. The second-order valence-electron chi connectivity index (χ2n) is 5.31. The van der Waals surface area contributed by atoms with E-state index in [2.05, 4.69) is 21.3 Å². The van der Waals surface area contributed by atoms with Crippen LogP contribution in [-0.2, 0) is 11.3 Å². The maximum absolute atomic E-state index is 5.25. The number of rotatable bonds is 5. The number of nitrogens with zero attached hydrogens (tertiary/aromatic N) is 2. The molecule has 1 heterocycles. The van der Waals surface area contributed by atoms with E-state index in [-0.39, 0.29) is 24.0 Å². The second kappa shape index (κ2) is 9.89. The Balaban J connectivity index is 0.00000242. The van der Waals surface area contributed by atoms with Crippen molar-refractivity contribution in [1.29, 1.82) is 0 Å². The number of ether oxygens (including phenoxy) is 2. The van der Waals surface area contributed by atoms with E-state index in [9.17, 15) is 0 Å². The Bertz CT molecular complexity index is 482. The van der Waals surface area contributed by atoms with Crippen molar-refractivity contribution in [3.63, 3.8) is 0 Å². The van der Waals surface area contributed by atoms with E-state index in [0.717, 1.165) is 44.4 Å². The van der Waals surface area contributed by atoms with Gasteiger partial charge in [0.1, 0.15) is 5.75 Å². The number of likely N-dealkylation sites (tertiary alicyclic amines) is 1. The summed E-state index contributed by atoms with van der Waals surface area (Å²) in [5, 5.41) is 3.42. The van der Waals surface area contributed by atoms with Crippen LogP contribution in [0.25, 0.3) is 0 Å². The largest absolute Gasteiger partial charge is 0.497 e. The van der Waals surface area contributed by atoms with E-state index in [0.29, 0.717) is 5.92 Å². The van der Waals surface area contributed by atoms with Crippen molar-refractivity contribution in [2.45, 2.75) is 13.0 Å². The van der Waals surface area contributed by atoms with Gasteiger partial charge in [-0.3, -0.25) is 4.99 Å². The van der Waals surface area contributed by atoms with Crippen molar-refractivity contribution in [3.8, 4) is 5.75 Å². The number of benzene rings is 1. The molecule has 1 N–H and O–H groups in total. The number of aliphatic imine (C=N–C) groups is 1. The zero-order valence-corrected chi connectivity index (χ0v) is 15.9. The van der Waals surface area contributed by atoms with Crippen LogP contribution >= 0.6 is 24.0 Å². The van der Waals surface area contributed by atoms with Gasteiger partial charge in [0.05, 0.1) is 13.7 Å². The molecular weight excluding hydrogens is 393 g/mol. The van der Waals surface area contributed by atoms with Gasteiger partial charge in [0.15, 0.2) is 5.96 Å². The minimum Gasteiger partial charge on any atom is -0.497 e. The molecule has 1 aromatic carbocycles. The maximum Gasteiger partial charge on any atom is 0.193 e. The second-order valence-corrected chi connectivity index (χ2v) is 5.31. The average Bonchev–Trinajstić information content (AvgIpc) is 2.97. The lowest BCUT2D eigenvalue weighted by atomic mass is 10.1. The molecule has 0 radical (unpaired) electrons. The van der Waals surface area contributed by atoms with Crippen LogP contribution in [0.15, 0.2) is 29.3 Å². The topological polar surface area (TPSA) is 46.1 Å². The molecule has 5 nitrogen and oxygen atoms in total. The lowest BCUT2D eigenvalue weighted by Crippen LogP contribution is -2.39. The number of halogens is 1. The van der Waals surface area contributed by atoms with Gasteiger partial charge in [-0.2, -0.15) is 0 Å². The third kappa shape index (κ3) is 5.31. The fraction of sp³-hybridized carbons (Fsp3) is 0.562. The summed E-state index contributed by atoms with van der Waals surface area (Å²) in [5.41, 5.74) is 1.18. The van der Waals surface area contributed by atoms with Gasteiger partial charge in [0, 0.05) is 39.7 Å². The molecule has 1 aliphatic rings. The Labute approximate surface area is 150 Å². The van der Waals surface area contributed by atoms with Gasteiger partial charge < -0.3 is 19.7 Å². The van der Waals surface area contributed by atoms with Gasteiger partial charge in [-0.05, 0) is 24.1 Å². The summed E-state index contributed by atoms with van der Waals surface area (Å²) in [5.74, 6) is 2.44. The smallest absolute Gasteiger partial charge is 0.193 e. The summed E-state index contributed by atoms with van der Waals surface area (Å²) < 4.78 is 10.5. The minimum absolute atomic E-state index is 0. The molecule has 1 aliphatic heterocycles. The van der Waals surface area contributed by atoms with Crippen molar-refractivity contribution in [1.82, 2.24) is 10.2 Å². The molecule has 0 bridgehead atoms. The van der Waals surface area contributed by atoms with Crippen LogP contribution in [0, 0.1) is 5.92 Å². The standard InChI is InChI=1S/C16H25N3O2.HI/c1-17-16(19-8-7-14(11-19)12-20-2)18-10-13-5-4-6-15(9-13)21-3;/h4-6,9,14H,7-8,10-12H2,1-3H3,(H,17,18);1H. The van der Waals surface area contributed by atoms with Crippen molar-refractivity contribution >= 4 is 29.9 Å². The average molecular weight is 419 g/mol. The van der Waals surface area contributed by atoms with Crippen molar-refractivity contribution in [2.24, 2.45) is 10.9 Å². The van der Waals surface area contributed by atoms with Gasteiger partial charge in [-0.15, -0.1) is 24.0 Å². The molecule has 0 aromatic heterocycles. The lowest BCUT2D eigenvalue weighted by molar-refractivity contribution is 0.157. The first-order valence-electron chi connectivity index (χ1n) is 7.34. The fourth-order valence-corrected chi connectivity index (χ4v) is 2.69. The molecule has 6 heteroatoms. The van der Waals surface area contributed by atoms with Crippen molar-refractivity contribution in [3.05, 3.63) is 29.8 Å². The van der Waals surface area contributed by atoms with Crippen LogP contribution in [0.3, 0.4) is 0 Å². The van der Waals surface area contributed by atoms with Gasteiger partial charge in [-0.1, -0.05) is 12.1 Å². The highest BCUT2D eigenvalue weighted by Gasteiger charge is 2.24. The van der Waals surface area contributed by atoms with Gasteiger partial charge in [0.25, 0.3) is 0 Å². The van der Waals surface area contributed by atoms with Crippen molar-refractivity contribution in [2.75, 3.05) is 41.0 Å². The van der Waals surface area contributed by atoms with E-state index in [1.54, 1.807) is 14.2 Å². The molecule has 0 aliphatic carbocycles. The zero-order chi connectivity index (χ0) is 15.1. The van der Waals surface area contributed by atoms with E-state index in [4.69, 9.17) is 9.47 Å². The van der Waals surface area contributed by atoms with E-state index in [1.165, 1.54) is 5.56 Å². The Hall–Kier alpha value is -1.02. The predicted molar refractivity (Wildman–Crippen MR) is 100 cm³/mol. The number of hydrogen-bond acceptors (Lipinski definition) is 3. The molecule has 124 valence electrons. The molecule has 22 heavy (non-hydrogen) atoms. The monoisotopic (exact) mass is 419 g/mol. The van der Waals surface area contributed by atoms with Crippen LogP contribution in [0.2, 0.25) is 0 Å². The quantitative estimate of drug-likeness (QED) is 0.452. The number of methoxy groups -OCH3 is 2. The predicted octanol–water partition coefficient (Wildman–Crippen LogP) is 2.36. The third-order valence-electron chi connectivity index (χ3n) is 3.78. The van der Waals surface area contributed by atoms with Crippen LogP contribution in [0.5, 0.6) is 5.75 Å². The summed E-state index contributed by atoms with van der Waals surface area (Å²) in [7, 11) is 5.28. The van der Waals surface area contributed by atoms with Crippen LogP contribution in [-0.4, -0.2) is 51.8 Å². The summed E-state index contributed by atoms with van der Waals surface area (Å²) in [6, 6.07) is 8.08.